The van der Waals surface area contributed by atoms with Crippen molar-refractivity contribution in [2.45, 2.75) is 19.8 Å². The number of hydrogen-bond acceptors (Lipinski definition) is 5. The van der Waals surface area contributed by atoms with Gasteiger partial charge in [-0.2, -0.15) is 8.42 Å². The van der Waals surface area contributed by atoms with E-state index in [1.807, 2.05) is 44.2 Å². The van der Waals surface area contributed by atoms with Gasteiger partial charge in [-0.05, 0) is 49.0 Å². The predicted molar refractivity (Wildman–Crippen MR) is 96.2 cm³/mol. The molecule has 0 fully saturated rings. The number of rotatable bonds is 5. The van der Waals surface area contributed by atoms with Crippen LogP contribution in [-0.4, -0.2) is 27.2 Å². The number of hydrogen-bond donors (Lipinski definition) is 0. The van der Waals surface area contributed by atoms with Crippen LogP contribution in [0.15, 0.2) is 45.4 Å². The van der Waals surface area contributed by atoms with Crippen molar-refractivity contribution in [3.05, 3.63) is 47.9 Å². The average molecular weight is 366 g/mol. The van der Waals surface area contributed by atoms with Crippen LogP contribution in [0, 0.1) is 0 Å². The fourth-order valence-electron chi connectivity index (χ4n) is 2.27. The molecule has 6 nitrogen and oxygen atoms in total. The third-order valence-corrected chi connectivity index (χ3v) is 4.36. The van der Waals surface area contributed by atoms with E-state index in [1.165, 1.54) is 4.90 Å². The first-order valence-electron chi connectivity index (χ1n) is 7.33. The van der Waals surface area contributed by atoms with Gasteiger partial charge in [0.2, 0.25) is 5.11 Å². The van der Waals surface area contributed by atoms with E-state index in [-0.39, 0.29) is 11.0 Å². The maximum Gasteiger partial charge on any atom is 0.318 e. The van der Waals surface area contributed by atoms with Gasteiger partial charge in [0, 0.05) is 13.0 Å². The first kappa shape index (κ1) is 18.2. The minimum absolute atomic E-state index is 0.0296. The first-order valence-corrected chi connectivity index (χ1v) is 8.77. The Bertz CT molecular complexity index is 837. The van der Waals surface area contributed by atoms with Gasteiger partial charge in [0.15, 0.2) is 0 Å². The van der Waals surface area contributed by atoms with E-state index in [9.17, 15) is 8.42 Å². The second-order valence-electron chi connectivity index (χ2n) is 5.05. The molecule has 0 amide bonds. The molecule has 0 bridgehead atoms. The molecular formula is C16H18N2O4S2. The van der Waals surface area contributed by atoms with Gasteiger partial charge in [-0.3, -0.25) is 0 Å². The van der Waals surface area contributed by atoms with E-state index in [0.29, 0.717) is 18.0 Å². The van der Waals surface area contributed by atoms with Crippen LogP contribution in [0.2, 0.25) is 0 Å². The maximum atomic E-state index is 10.8. The van der Waals surface area contributed by atoms with Crippen LogP contribution in [0.5, 0.6) is 5.75 Å². The topological polar surface area (TPSA) is 72.1 Å². The fourth-order valence-corrected chi connectivity index (χ4v) is 2.80. The summed E-state index contributed by atoms with van der Waals surface area (Å²) in [6, 6.07) is 9.42. The van der Waals surface area contributed by atoms with Crippen molar-refractivity contribution in [1.82, 2.24) is 0 Å². The lowest BCUT2D eigenvalue weighted by atomic mass is 9.97. The minimum Gasteiger partial charge on any atom is -0.492 e. The molecule has 1 aromatic carbocycles. The molecular weight excluding hydrogens is 348 g/mol. The van der Waals surface area contributed by atoms with Crippen LogP contribution < -0.4 is 9.64 Å². The maximum absolute atomic E-state index is 10.8. The van der Waals surface area contributed by atoms with Crippen molar-refractivity contribution < 1.29 is 17.6 Å². The zero-order valence-corrected chi connectivity index (χ0v) is 15.2. The van der Waals surface area contributed by atoms with Gasteiger partial charge in [-0.25, -0.2) is 0 Å². The second kappa shape index (κ2) is 8.07. The lowest BCUT2D eigenvalue weighted by Crippen LogP contribution is -2.23. The Morgan fingerprint density at radius 2 is 2.17 bits per heavy atom. The number of benzene rings is 1. The summed E-state index contributed by atoms with van der Waals surface area (Å²) in [6.07, 6.45) is 1.63. The van der Waals surface area contributed by atoms with E-state index in [4.69, 9.17) is 21.4 Å². The monoisotopic (exact) mass is 366 g/mol. The Hall–Kier alpha value is -2.19. The van der Waals surface area contributed by atoms with Gasteiger partial charge in [0.05, 0.1) is 18.6 Å². The molecule has 0 aliphatic carbocycles. The molecule has 0 aliphatic heterocycles. The molecule has 1 atom stereocenters. The van der Waals surface area contributed by atoms with E-state index in [1.54, 1.807) is 13.3 Å². The zero-order chi connectivity index (χ0) is 17.7. The highest BCUT2D eigenvalue weighted by molar-refractivity contribution is 7.81. The third kappa shape index (κ3) is 4.21. The Balaban J connectivity index is 2.44. The lowest BCUT2D eigenvalue weighted by Gasteiger charge is -2.22. The highest BCUT2D eigenvalue weighted by Gasteiger charge is 2.18. The molecule has 0 saturated heterocycles. The van der Waals surface area contributed by atoms with Crippen LogP contribution in [0.4, 0.5) is 5.69 Å². The van der Waals surface area contributed by atoms with Gasteiger partial charge in [0.1, 0.15) is 11.5 Å². The van der Waals surface area contributed by atoms with Crippen LogP contribution in [-0.2, 0) is 10.5 Å². The Morgan fingerprint density at radius 3 is 2.75 bits per heavy atom. The molecule has 0 spiro atoms. The van der Waals surface area contributed by atoms with E-state index >= 15 is 0 Å². The van der Waals surface area contributed by atoms with Crippen molar-refractivity contribution in [3.63, 3.8) is 0 Å². The molecule has 2 rings (SSSR count). The summed E-state index contributed by atoms with van der Waals surface area (Å²) in [7, 11) is -0.952. The highest BCUT2D eigenvalue weighted by atomic mass is 32.2. The molecule has 0 saturated carbocycles. The Labute approximate surface area is 147 Å². The van der Waals surface area contributed by atoms with Crippen LogP contribution in [0.25, 0.3) is 0 Å². The number of furan rings is 1. The molecule has 8 heteroatoms. The number of nitrogens with zero attached hydrogens (tertiary/aromatic N) is 2. The van der Waals surface area contributed by atoms with Gasteiger partial charge >= 0.3 is 10.5 Å². The van der Waals surface area contributed by atoms with Crippen molar-refractivity contribution in [1.29, 1.82) is 0 Å². The van der Waals surface area contributed by atoms with Gasteiger partial charge < -0.3 is 14.1 Å². The average Bonchev–Trinajstić information content (AvgIpc) is 3.08. The summed E-state index contributed by atoms with van der Waals surface area (Å²) in [5, 5.41) is -0.0629. The highest BCUT2D eigenvalue weighted by Crippen LogP contribution is 2.34. The van der Waals surface area contributed by atoms with E-state index in [2.05, 4.69) is 4.36 Å². The van der Waals surface area contributed by atoms with Crippen LogP contribution >= 0.6 is 12.2 Å². The molecule has 0 aliphatic rings. The molecule has 2 aromatic rings. The molecule has 24 heavy (non-hydrogen) atoms. The van der Waals surface area contributed by atoms with E-state index < -0.39 is 10.5 Å². The van der Waals surface area contributed by atoms with Crippen LogP contribution in [0.1, 0.15) is 31.1 Å². The zero-order valence-electron chi connectivity index (χ0n) is 13.6. The summed E-state index contributed by atoms with van der Waals surface area (Å²) in [5.74, 6) is 1.47. The first-order chi connectivity index (χ1) is 11.4. The molecule has 1 unspecified atom stereocenters. The standard InChI is InChI=1S/C16H18N2O4S2/c1-4-21-15-8-7-12(11(2)14-6-5-9-22-14)10-13(15)18(3)16(23)17-24(19)20/h5-11H,4H2,1-3H3. The molecule has 0 radical (unpaired) electrons. The summed E-state index contributed by atoms with van der Waals surface area (Å²) in [5.41, 5.74) is 1.63. The molecule has 0 N–H and O–H groups in total. The smallest absolute Gasteiger partial charge is 0.318 e. The molecule has 1 heterocycles. The normalized spacial score (nSPS) is 11.6. The third-order valence-electron chi connectivity index (χ3n) is 3.55. The fraction of sp³-hybridized carbons (Fsp3) is 0.312. The van der Waals surface area contributed by atoms with Crippen molar-refractivity contribution in [2.75, 3.05) is 18.6 Å². The summed E-state index contributed by atoms with van der Waals surface area (Å²) < 4.78 is 36.0. The van der Waals surface area contributed by atoms with Crippen molar-refractivity contribution in [2.24, 2.45) is 4.36 Å². The summed E-state index contributed by atoms with van der Waals surface area (Å²) >= 11 is 5.06. The largest absolute Gasteiger partial charge is 0.492 e. The van der Waals surface area contributed by atoms with E-state index in [0.717, 1.165) is 11.3 Å². The minimum atomic E-state index is -2.60. The number of ether oxygens (including phenoxy) is 1. The lowest BCUT2D eigenvalue weighted by molar-refractivity contribution is 0.341. The van der Waals surface area contributed by atoms with Crippen molar-refractivity contribution in [3.8, 4) is 5.75 Å². The number of anilines is 1. The van der Waals surface area contributed by atoms with Gasteiger partial charge in [0.25, 0.3) is 0 Å². The van der Waals surface area contributed by atoms with Crippen molar-refractivity contribution >= 4 is 33.5 Å². The predicted octanol–water partition coefficient (Wildman–Crippen LogP) is 3.61. The second-order valence-corrected chi connectivity index (χ2v) is 6.03. The Kier molecular flexibility index (Phi) is 6.10. The summed E-state index contributed by atoms with van der Waals surface area (Å²) in [4.78, 5) is 1.51. The molecule has 128 valence electrons. The number of thiocarbonyl (C=S) groups is 1. The SMILES string of the molecule is CCOc1ccc(C(C)c2ccco2)cc1N(C)C(=S)N=S(=O)=O. The summed E-state index contributed by atoms with van der Waals surface area (Å²) in [6.45, 7) is 4.37. The quantitative estimate of drug-likeness (QED) is 0.753. The van der Waals surface area contributed by atoms with Crippen LogP contribution in [0.3, 0.4) is 0 Å². The van der Waals surface area contributed by atoms with Gasteiger partial charge in [-0.15, -0.1) is 4.36 Å². The molecule has 1 aromatic heterocycles. The Morgan fingerprint density at radius 1 is 1.42 bits per heavy atom. The van der Waals surface area contributed by atoms with Gasteiger partial charge in [-0.1, -0.05) is 13.0 Å².